The van der Waals surface area contributed by atoms with Gasteiger partial charge >= 0.3 is 0 Å². The minimum absolute atomic E-state index is 0.0706. The molecule has 1 aromatic heterocycles. The molecule has 0 saturated carbocycles. The van der Waals surface area contributed by atoms with Gasteiger partial charge in [-0.2, -0.15) is 0 Å². The normalized spacial score (nSPS) is 12.7. The molecule has 5 heteroatoms. The van der Waals surface area contributed by atoms with Crippen molar-refractivity contribution in [1.29, 1.82) is 0 Å². The first-order valence-electron chi connectivity index (χ1n) is 4.98. The molecule has 1 N–H and O–H groups in total. The summed E-state index contributed by atoms with van der Waals surface area (Å²) in [7, 11) is 1.90. The van der Waals surface area contributed by atoms with Gasteiger partial charge in [-0.05, 0) is 68.1 Å². The van der Waals surface area contributed by atoms with E-state index in [0.29, 0.717) is 4.47 Å². The second-order valence-electron chi connectivity index (χ2n) is 3.53. The van der Waals surface area contributed by atoms with Crippen molar-refractivity contribution in [3.8, 4) is 0 Å². The molecule has 0 bridgehead atoms. The number of hydrogen-bond acceptors (Lipinski definition) is 2. The Kier molecular flexibility index (Phi) is 4.36. The third-order valence-corrected chi connectivity index (χ3v) is 5.02. The van der Waals surface area contributed by atoms with Gasteiger partial charge in [0.2, 0.25) is 0 Å². The molecule has 0 aliphatic heterocycles. The minimum atomic E-state index is -0.242. The lowest BCUT2D eigenvalue weighted by molar-refractivity contribution is 0.617. The van der Waals surface area contributed by atoms with Crippen molar-refractivity contribution >= 4 is 43.2 Å². The topological polar surface area (TPSA) is 12.0 Å². The zero-order chi connectivity index (χ0) is 12.4. The van der Waals surface area contributed by atoms with Crippen molar-refractivity contribution in [2.45, 2.75) is 6.04 Å². The highest BCUT2D eigenvalue weighted by Gasteiger charge is 2.17. The van der Waals surface area contributed by atoms with Crippen molar-refractivity contribution in [2.75, 3.05) is 7.05 Å². The number of hydrogen-bond donors (Lipinski definition) is 1. The molecule has 0 fully saturated rings. The molecule has 2 rings (SSSR count). The van der Waals surface area contributed by atoms with Crippen LogP contribution >= 0.6 is 43.2 Å². The SMILES string of the molecule is CNC(c1ccc(F)c(Br)c1)c1sccc1Br. The van der Waals surface area contributed by atoms with E-state index in [0.717, 1.165) is 10.0 Å². The number of rotatable bonds is 3. The summed E-state index contributed by atoms with van der Waals surface area (Å²) in [4.78, 5) is 1.19. The van der Waals surface area contributed by atoms with E-state index in [9.17, 15) is 4.39 Å². The summed E-state index contributed by atoms with van der Waals surface area (Å²) in [6.07, 6.45) is 0. The van der Waals surface area contributed by atoms with Gasteiger partial charge < -0.3 is 5.32 Å². The van der Waals surface area contributed by atoms with Gasteiger partial charge in [-0.3, -0.25) is 0 Å². The Bertz CT molecular complexity index is 527. The van der Waals surface area contributed by atoms with Gasteiger partial charge in [0.05, 0.1) is 10.5 Å². The lowest BCUT2D eigenvalue weighted by atomic mass is 10.1. The Morgan fingerprint density at radius 2 is 2.00 bits per heavy atom. The maximum absolute atomic E-state index is 13.2. The van der Waals surface area contributed by atoms with Crippen LogP contribution in [0.4, 0.5) is 4.39 Å². The van der Waals surface area contributed by atoms with E-state index in [1.54, 1.807) is 17.4 Å². The molecular formula is C12H10Br2FNS. The van der Waals surface area contributed by atoms with Crippen LogP contribution in [0.3, 0.4) is 0 Å². The monoisotopic (exact) mass is 377 g/mol. The van der Waals surface area contributed by atoms with E-state index < -0.39 is 0 Å². The molecule has 17 heavy (non-hydrogen) atoms. The third-order valence-electron chi connectivity index (χ3n) is 2.47. The summed E-state index contributed by atoms with van der Waals surface area (Å²) in [5.41, 5.74) is 1.03. The number of halogens is 3. The first kappa shape index (κ1) is 13.2. The maximum Gasteiger partial charge on any atom is 0.137 e. The molecule has 1 unspecified atom stereocenters. The van der Waals surface area contributed by atoms with Gasteiger partial charge in [-0.1, -0.05) is 6.07 Å². The Balaban J connectivity index is 2.42. The maximum atomic E-state index is 13.2. The standard InChI is InChI=1S/C12H10Br2FNS/c1-16-11(12-8(13)4-5-17-12)7-2-3-10(15)9(14)6-7/h2-6,11,16H,1H3. The predicted molar refractivity (Wildman–Crippen MR) is 77.0 cm³/mol. The second kappa shape index (κ2) is 5.61. The molecule has 0 aliphatic rings. The molecule has 1 nitrogen and oxygen atoms in total. The summed E-state index contributed by atoms with van der Waals surface area (Å²) >= 11 is 8.41. The molecule has 90 valence electrons. The molecule has 0 saturated heterocycles. The van der Waals surface area contributed by atoms with Crippen molar-refractivity contribution in [3.05, 3.63) is 54.8 Å². The van der Waals surface area contributed by atoms with Crippen LogP contribution in [0.15, 0.2) is 38.6 Å². The van der Waals surface area contributed by atoms with Crippen LogP contribution in [0.5, 0.6) is 0 Å². The largest absolute Gasteiger partial charge is 0.309 e. The fraction of sp³-hybridized carbons (Fsp3) is 0.167. The quantitative estimate of drug-likeness (QED) is 0.814. The average molecular weight is 379 g/mol. The van der Waals surface area contributed by atoms with E-state index >= 15 is 0 Å². The van der Waals surface area contributed by atoms with Crippen LogP contribution in [-0.4, -0.2) is 7.05 Å². The van der Waals surface area contributed by atoms with Crippen LogP contribution < -0.4 is 5.32 Å². The summed E-state index contributed by atoms with van der Waals surface area (Å²) < 4.78 is 14.8. The van der Waals surface area contributed by atoms with Crippen molar-refractivity contribution < 1.29 is 4.39 Å². The van der Waals surface area contributed by atoms with Crippen molar-refractivity contribution in [3.63, 3.8) is 0 Å². The Labute approximate surface area is 120 Å². The second-order valence-corrected chi connectivity index (χ2v) is 6.18. The zero-order valence-electron chi connectivity index (χ0n) is 9.01. The van der Waals surface area contributed by atoms with Gasteiger partial charge in [0.15, 0.2) is 0 Å². The molecular weight excluding hydrogens is 369 g/mol. The fourth-order valence-electron chi connectivity index (χ4n) is 1.65. The molecule has 0 amide bonds. The highest BCUT2D eigenvalue weighted by molar-refractivity contribution is 9.10. The summed E-state index contributed by atoms with van der Waals surface area (Å²) in [6.45, 7) is 0. The van der Waals surface area contributed by atoms with Crippen LogP contribution in [0.1, 0.15) is 16.5 Å². The summed E-state index contributed by atoms with van der Waals surface area (Å²) in [6, 6.07) is 7.17. The van der Waals surface area contributed by atoms with E-state index in [-0.39, 0.29) is 11.9 Å². The van der Waals surface area contributed by atoms with Crippen molar-refractivity contribution in [1.82, 2.24) is 5.32 Å². The highest BCUT2D eigenvalue weighted by atomic mass is 79.9. The molecule has 0 radical (unpaired) electrons. The first-order chi connectivity index (χ1) is 8.13. The predicted octanol–water partition coefficient (Wildman–Crippen LogP) is 4.72. The molecule has 1 heterocycles. The van der Waals surface area contributed by atoms with Gasteiger partial charge in [-0.25, -0.2) is 4.39 Å². The van der Waals surface area contributed by atoms with E-state index in [2.05, 4.69) is 37.2 Å². The van der Waals surface area contributed by atoms with Gasteiger partial charge in [0, 0.05) is 9.35 Å². The number of nitrogens with one attached hydrogen (secondary N) is 1. The van der Waals surface area contributed by atoms with E-state index in [1.807, 2.05) is 24.6 Å². The minimum Gasteiger partial charge on any atom is -0.309 e. The Hall–Kier alpha value is -0.230. The van der Waals surface area contributed by atoms with Gasteiger partial charge in [-0.15, -0.1) is 11.3 Å². The van der Waals surface area contributed by atoms with E-state index in [1.165, 1.54) is 10.9 Å². The smallest absolute Gasteiger partial charge is 0.137 e. The van der Waals surface area contributed by atoms with Gasteiger partial charge in [0.25, 0.3) is 0 Å². The van der Waals surface area contributed by atoms with Crippen LogP contribution in [-0.2, 0) is 0 Å². The van der Waals surface area contributed by atoms with Crippen LogP contribution in [0.25, 0.3) is 0 Å². The molecule has 0 spiro atoms. The summed E-state index contributed by atoms with van der Waals surface area (Å²) in [5, 5.41) is 5.28. The van der Waals surface area contributed by atoms with Gasteiger partial charge in [0.1, 0.15) is 5.82 Å². The lowest BCUT2D eigenvalue weighted by Gasteiger charge is -2.16. The number of thiophene rings is 1. The van der Waals surface area contributed by atoms with Crippen LogP contribution in [0, 0.1) is 5.82 Å². The lowest BCUT2D eigenvalue weighted by Crippen LogP contribution is -2.16. The fourth-order valence-corrected chi connectivity index (χ4v) is 3.79. The van der Waals surface area contributed by atoms with Crippen LogP contribution in [0.2, 0.25) is 0 Å². The first-order valence-corrected chi connectivity index (χ1v) is 7.45. The number of benzene rings is 1. The molecule has 1 atom stereocenters. The third kappa shape index (κ3) is 2.78. The van der Waals surface area contributed by atoms with Crippen molar-refractivity contribution in [2.24, 2.45) is 0 Å². The summed E-state index contributed by atoms with van der Waals surface area (Å²) in [5.74, 6) is -0.242. The highest BCUT2D eigenvalue weighted by Crippen LogP contribution is 2.34. The molecule has 1 aromatic carbocycles. The average Bonchev–Trinajstić information content (AvgIpc) is 2.71. The van der Waals surface area contributed by atoms with E-state index in [4.69, 9.17) is 0 Å². The molecule has 2 aromatic rings. The Morgan fingerprint density at radius 3 is 2.53 bits per heavy atom. The Morgan fingerprint density at radius 1 is 1.24 bits per heavy atom. The zero-order valence-corrected chi connectivity index (χ0v) is 13.0. The molecule has 0 aliphatic carbocycles.